The first-order valence-corrected chi connectivity index (χ1v) is 16.2. The third-order valence-corrected chi connectivity index (χ3v) is 14.2. The van der Waals surface area contributed by atoms with E-state index in [4.69, 9.17) is 4.74 Å². The zero-order chi connectivity index (χ0) is 27.4. The average Bonchev–Trinajstić information content (AvgIpc) is 3.50. The highest BCUT2D eigenvalue weighted by molar-refractivity contribution is 5.73. The second kappa shape index (κ2) is 8.81. The van der Waals surface area contributed by atoms with Gasteiger partial charge in [-0.2, -0.15) is 0 Å². The highest BCUT2D eigenvalue weighted by atomic mass is 16.5. The molecule has 5 aliphatic carbocycles. The zero-order valence-electron chi connectivity index (χ0n) is 25.0. The van der Waals surface area contributed by atoms with Crippen LogP contribution in [0, 0.1) is 45.3 Å². The molecule has 4 heteroatoms. The van der Waals surface area contributed by atoms with Crippen molar-refractivity contribution in [3.8, 4) is 0 Å². The van der Waals surface area contributed by atoms with Crippen molar-refractivity contribution in [2.45, 2.75) is 123 Å². The molecule has 2 spiro atoms. The van der Waals surface area contributed by atoms with E-state index in [9.17, 15) is 9.90 Å². The van der Waals surface area contributed by atoms with Gasteiger partial charge in [0.15, 0.2) is 0 Å². The summed E-state index contributed by atoms with van der Waals surface area (Å²) in [6.45, 7) is 11.9. The van der Waals surface area contributed by atoms with Crippen molar-refractivity contribution >= 4 is 5.91 Å². The second-order valence-electron chi connectivity index (χ2n) is 15.7. The van der Waals surface area contributed by atoms with Crippen LogP contribution in [0.25, 0.3) is 0 Å². The van der Waals surface area contributed by atoms with Crippen LogP contribution in [0.5, 0.6) is 0 Å². The number of aliphatic hydroxyl groups is 1. The Balaban J connectivity index is 1.08. The number of hydrogen-bond acceptors (Lipinski definition) is 3. The maximum Gasteiger partial charge on any atom is 0.220 e. The summed E-state index contributed by atoms with van der Waals surface area (Å²) in [5, 5.41) is 10.9. The standard InChI is InChI=1S/C35H51NO3/c1-22(24-9-7-6-8-10-24)36(23(2)37)20-25-11-12-27-29(39-25)19-28-26-13-14-30-32(3,4)31(38)15-16-35(30)21-34(26,35)18-17-33(27,28)5/h6-10,22,25-31,38H,11-21H2,1-5H3/t22-,25?,26?,27?,28?,29?,30?,31-,33?,34-,35?/m0/s1. The molecule has 7 rings (SSSR count). The Kier molecular flexibility index (Phi) is 5.98. The third-order valence-electron chi connectivity index (χ3n) is 14.2. The number of amides is 1. The molecule has 6 aliphatic rings. The van der Waals surface area contributed by atoms with Crippen LogP contribution in [0.1, 0.15) is 110 Å². The number of carbonyl (C=O) groups excluding carboxylic acids is 1. The Hall–Kier alpha value is -1.39. The van der Waals surface area contributed by atoms with Crippen LogP contribution in [-0.4, -0.2) is 40.8 Å². The van der Waals surface area contributed by atoms with Crippen molar-refractivity contribution in [3.63, 3.8) is 0 Å². The van der Waals surface area contributed by atoms with Gasteiger partial charge in [0.05, 0.1) is 24.4 Å². The molecule has 1 aromatic rings. The lowest BCUT2D eigenvalue weighted by atomic mass is 9.46. The van der Waals surface area contributed by atoms with Crippen molar-refractivity contribution < 1.29 is 14.6 Å². The van der Waals surface area contributed by atoms with Gasteiger partial charge >= 0.3 is 0 Å². The van der Waals surface area contributed by atoms with E-state index in [1.54, 1.807) is 6.92 Å². The largest absolute Gasteiger partial charge is 0.393 e. The zero-order valence-corrected chi connectivity index (χ0v) is 25.0. The van der Waals surface area contributed by atoms with Crippen molar-refractivity contribution in [1.82, 2.24) is 4.90 Å². The van der Waals surface area contributed by atoms with Crippen molar-refractivity contribution in [3.05, 3.63) is 35.9 Å². The number of fused-ring (bicyclic) bond motifs is 4. The summed E-state index contributed by atoms with van der Waals surface area (Å²) in [7, 11) is 0. The lowest BCUT2D eigenvalue weighted by molar-refractivity contribution is -0.142. The van der Waals surface area contributed by atoms with E-state index in [1.165, 1.54) is 56.9 Å². The molecule has 11 atom stereocenters. The van der Waals surface area contributed by atoms with E-state index in [2.05, 4.69) is 52.0 Å². The van der Waals surface area contributed by atoms with Crippen LogP contribution in [0.15, 0.2) is 30.3 Å². The number of benzene rings is 1. The van der Waals surface area contributed by atoms with E-state index in [1.807, 2.05) is 11.0 Å². The van der Waals surface area contributed by atoms with Gasteiger partial charge in [0.25, 0.3) is 0 Å². The quantitative estimate of drug-likeness (QED) is 0.447. The number of hydrogen-bond donors (Lipinski definition) is 1. The summed E-state index contributed by atoms with van der Waals surface area (Å²) in [4.78, 5) is 14.8. The molecule has 0 bridgehead atoms. The average molecular weight is 534 g/mol. The van der Waals surface area contributed by atoms with E-state index in [0.29, 0.717) is 40.7 Å². The van der Waals surface area contributed by atoms with E-state index < -0.39 is 0 Å². The molecule has 5 saturated carbocycles. The number of rotatable bonds is 4. The molecule has 0 radical (unpaired) electrons. The molecule has 6 fully saturated rings. The smallest absolute Gasteiger partial charge is 0.220 e. The molecular formula is C35H51NO3. The molecule has 39 heavy (non-hydrogen) atoms. The fourth-order valence-electron chi connectivity index (χ4n) is 12.1. The predicted molar refractivity (Wildman–Crippen MR) is 154 cm³/mol. The molecule has 1 N–H and O–H groups in total. The number of aliphatic hydroxyl groups excluding tert-OH is 1. The van der Waals surface area contributed by atoms with Crippen molar-refractivity contribution in [2.24, 2.45) is 45.3 Å². The highest BCUT2D eigenvalue weighted by Crippen LogP contribution is 2.87. The first-order chi connectivity index (χ1) is 18.5. The molecule has 0 aromatic heterocycles. The van der Waals surface area contributed by atoms with E-state index in [-0.39, 0.29) is 29.6 Å². The van der Waals surface area contributed by atoms with E-state index >= 15 is 0 Å². The van der Waals surface area contributed by atoms with Gasteiger partial charge in [-0.3, -0.25) is 4.79 Å². The highest BCUT2D eigenvalue weighted by Gasteiger charge is 2.80. The number of carbonyl (C=O) groups is 1. The Morgan fingerprint density at radius 1 is 0.974 bits per heavy atom. The van der Waals surface area contributed by atoms with Gasteiger partial charge in [0, 0.05) is 13.5 Å². The monoisotopic (exact) mass is 533 g/mol. The van der Waals surface area contributed by atoms with Gasteiger partial charge in [-0.25, -0.2) is 0 Å². The first kappa shape index (κ1) is 26.5. The molecule has 1 saturated heterocycles. The molecule has 4 nitrogen and oxygen atoms in total. The second-order valence-corrected chi connectivity index (χ2v) is 15.7. The maximum atomic E-state index is 12.7. The van der Waals surface area contributed by atoms with Gasteiger partial charge in [0.2, 0.25) is 5.91 Å². The Morgan fingerprint density at radius 2 is 1.72 bits per heavy atom. The van der Waals surface area contributed by atoms with Gasteiger partial charge in [-0.05, 0) is 122 Å². The lowest BCUT2D eigenvalue weighted by Crippen LogP contribution is -2.54. The van der Waals surface area contributed by atoms with E-state index in [0.717, 1.165) is 24.7 Å². The molecule has 1 aromatic carbocycles. The number of nitrogens with zero attached hydrogens (tertiary/aromatic N) is 1. The summed E-state index contributed by atoms with van der Waals surface area (Å²) in [6, 6.07) is 10.5. The predicted octanol–water partition coefficient (Wildman–Crippen LogP) is 7.16. The fourth-order valence-corrected chi connectivity index (χ4v) is 12.1. The first-order valence-electron chi connectivity index (χ1n) is 16.2. The Morgan fingerprint density at radius 3 is 2.46 bits per heavy atom. The summed E-state index contributed by atoms with van der Waals surface area (Å²) < 4.78 is 6.99. The molecular weight excluding hydrogens is 482 g/mol. The van der Waals surface area contributed by atoms with Crippen molar-refractivity contribution in [2.75, 3.05) is 6.54 Å². The summed E-state index contributed by atoms with van der Waals surface area (Å²) in [5.41, 5.74) is 2.71. The topological polar surface area (TPSA) is 49.8 Å². The molecule has 1 amide bonds. The molecule has 1 aliphatic heterocycles. The van der Waals surface area contributed by atoms with Gasteiger partial charge < -0.3 is 14.7 Å². The fraction of sp³-hybridized carbons (Fsp3) is 0.800. The summed E-state index contributed by atoms with van der Waals surface area (Å²) in [6.07, 6.45) is 13.1. The van der Waals surface area contributed by atoms with Crippen LogP contribution in [0.4, 0.5) is 0 Å². The maximum absolute atomic E-state index is 12.7. The summed E-state index contributed by atoms with van der Waals surface area (Å²) in [5.74, 6) is 3.14. The van der Waals surface area contributed by atoms with Gasteiger partial charge in [-0.15, -0.1) is 0 Å². The van der Waals surface area contributed by atoms with Crippen LogP contribution >= 0.6 is 0 Å². The molecule has 214 valence electrons. The van der Waals surface area contributed by atoms with Crippen LogP contribution in [0.2, 0.25) is 0 Å². The normalized spacial score (nSPS) is 48.0. The van der Waals surface area contributed by atoms with Gasteiger partial charge in [-0.1, -0.05) is 51.1 Å². The number of ether oxygens (including phenoxy) is 1. The molecule has 1 heterocycles. The molecule has 8 unspecified atom stereocenters. The van der Waals surface area contributed by atoms with Crippen LogP contribution in [-0.2, 0) is 9.53 Å². The van der Waals surface area contributed by atoms with Crippen LogP contribution < -0.4 is 0 Å². The van der Waals surface area contributed by atoms with Crippen molar-refractivity contribution in [1.29, 1.82) is 0 Å². The lowest BCUT2D eigenvalue weighted by Gasteiger charge is -2.59. The Bertz CT molecular complexity index is 1120. The summed E-state index contributed by atoms with van der Waals surface area (Å²) >= 11 is 0. The Labute approximate surface area is 236 Å². The van der Waals surface area contributed by atoms with Gasteiger partial charge in [0.1, 0.15) is 0 Å². The third kappa shape index (κ3) is 3.58. The minimum Gasteiger partial charge on any atom is -0.393 e. The SMILES string of the molecule is CC(=O)N(CC1CCC2C(CC3C4CCC5C(C)(C)[C@@H](O)CCC56C[C@@]46CCC23C)O1)[C@@H](C)c1ccccc1. The van der Waals surface area contributed by atoms with Crippen LogP contribution in [0.3, 0.4) is 0 Å². The minimum absolute atomic E-state index is 0.0624. The minimum atomic E-state index is -0.130.